The molecule has 0 amide bonds. The van der Waals surface area contributed by atoms with E-state index in [1.807, 2.05) is 0 Å². The van der Waals surface area contributed by atoms with Gasteiger partial charge in [-0.2, -0.15) is 0 Å². The Bertz CT molecular complexity index is 544. The lowest BCUT2D eigenvalue weighted by atomic mass is 10.3. The fourth-order valence-corrected chi connectivity index (χ4v) is 1.72. The maximum Gasteiger partial charge on any atom is 0.150 e. The molecule has 1 aromatic carbocycles. The number of anilines is 3. The summed E-state index contributed by atoms with van der Waals surface area (Å²) in [5, 5.41) is 3.02. The second-order valence-electron chi connectivity index (χ2n) is 3.14. The summed E-state index contributed by atoms with van der Waals surface area (Å²) in [4.78, 5) is 7.72. The predicted molar refractivity (Wildman–Crippen MR) is 68.8 cm³/mol. The van der Waals surface area contributed by atoms with Gasteiger partial charge in [0.05, 0.1) is 10.7 Å². The molecule has 0 aliphatic carbocycles. The van der Waals surface area contributed by atoms with Crippen LogP contribution in [0.1, 0.15) is 0 Å². The Morgan fingerprint density at radius 1 is 1.35 bits per heavy atom. The van der Waals surface area contributed by atoms with E-state index < -0.39 is 5.82 Å². The molecule has 88 valence electrons. The third kappa shape index (κ3) is 2.48. The van der Waals surface area contributed by atoms with Crippen molar-refractivity contribution < 1.29 is 4.39 Å². The molecule has 17 heavy (non-hydrogen) atoms. The van der Waals surface area contributed by atoms with Gasteiger partial charge < -0.3 is 11.1 Å². The zero-order valence-corrected chi connectivity index (χ0v) is 10.8. The van der Waals surface area contributed by atoms with Gasteiger partial charge in [-0.05, 0) is 28.1 Å². The summed E-state index contributed by atoms with van der Waals surface area (Å²) in [5.41, 5.74) is 5.73. The van der Waals surface area contributed by atoms with E-state index in [-0.39, 0.29) is 16.5 Å². The number of nitrogens with two attached hydrogens (primary N) is 1. The molecule has 2 rings (SSSR count). The van der Waals surface area contributed by atoms with Gasteiger partial charge >= 0.3 is 0 Å². The van der Waals surface area contributed by atoms with Crippen LogP contribution in [0.4, 0.5) is 21.7 Å². The van der Waals surface area contributed by atoms with Gasteiger partial charge in [0.15, 0.2) is 0 Å². The number of halogens is 3. The Morgan fingerprint density at radius 2 is 2.12 bits per heavy atom. The number of benzene rings is 1. The van der Waals surface area contributed by atoms with Crippen LogP contribution in [0, 0.1) is 5.82 Å². The first kappa shape index (κ1) is 12.1. The number of hydrogen-bond acceptors (Lipinski definition) is 4. The molecule has 2 aromatic rings. The molecule has 0 bridgehead atoms. The quantitative estimate of drug-likeness (QED) is 0.891. The summed E-state index contributed by atoms with van der Waals surface area (Å²) in [6, 6.07) is 4.39. The number of aromatic nitrogens is 2. The van der Waals surface area contributed by atoms with Gasteiger partial charge in [-0.25, -0.2) is 14.4 Å². The molecule has 0 spiro atoms. The molecular formula is C10H7BrClFN4. The molecule has 1 aromatic heterocycles. The van der Waals surface area contributed by atoms with Crippen molar-refractivity contribution >= 4 is 44.9 Å². The second kappa shape index (κ2) is 4.85. The maximum absolute atomic E-state index is 13.5. The molecule has 4 nitrogen and oxygen atoms in total. The summed E-state index contributed by atoms with van der Waals surface area (Å²) in [5.74, 6) is 0.140. The van der Waals surface area contributed by atoms with Gasteiger partial charge in [0.2, 0.25) is 0 Å². The Balaban J connectivity index is 2.42. The van der Waals surface area contributed by atoms with Crippen molar-refractivity contribution in [3.63, 3.8) is 0 Å². The second-order valence-corrected chi connectivity index (χ2v) is 4.34. The SMILES string of the molecule is Nc1ncnc(Nc2c(F)cccc2Cl)c1Br. The van der Waals surface area contributed by atoms with Crippen LogP contribution in [0.2, 0.25) is 5.02 Å². The monoisotopic (exact) mass is 316 g/mol. The Hall–Kier alpha value is -1.40. The predicted octanol–water partition coefficient (Wildman–Crippen LogP) is 3.36. The molecule has 0 radical (unpaired) electrons. The third-order valence-corrected chi connectivity index (χ3v) is 3.12. The van der Waals surface area contributed by atoms with Crippen molar-refractivity contribution in [1.82, 2.24) is 9.97 Å². The van der Waals surface area contributed by atoms with Crippen LogP contribution in [-0.4, -0.2) is 9.97 Å². The minimum Gasteiger partial charge on any atom is -0.383 e. The van der Waals surface area contributed by atoms with Gasteiger partial charge in [-0.15, -0.1) is 0 Å². The zero-order chi connectivity index (χ0) is 12.4. The summed E-state index contributed by atoms with van der Waals surface area (Å²) >= 11 is 9.09. The van der Waals surface area contributed by atoms with Crippen LogP contribution in [-0.2, 0) is 0 Å². The van der Waals surface area contributed by atoms with E-state index in [0.717, 1.165) is 0 Å². The minimum atomic E-state index is -0.471. The van der Waals surface area contributed by atoms with Gasteiger partial charge in [0, 0.05) is 0 Å². The fourth-order valence-electron chi connectivity index (χ4n) is 1.21. The van der Waals surface area contributed by atoms with Gasteiger partial charge in [0.1, 0.15) is 28.3 Å². The highest BCUT2D eigenvalue weighted by molar-refractivity contribution is 9.10. The Kier molecular flexibility index (Phi) is 3.44. The van der Waals surface area contributed by atoms with Crippen LogP contribution < -0.4 is 11.1 Å². The summed E-state index contributed by atoms with van der Waals surface area (Å²) in [7, 11) is 0. The molecule has 0 aliphatic heterocycles. The number of nitrogens with zero attached hydrogens (tertiary/aromatic N) is 2. The van der Waals surface area contributed by atoms with Crippen molar-refractivity contribution in [2.24, 2.45) is 0 Å². The molecule has 0 unspecified atom stereocenters. The molecule has 0 aliphatic rings. The molecule has 3 N–H and O–H groups in total. The first-order valence-electron chi connectivity index (χ1n) is 4.56. The maximum atomic E-state index is 13.5. The lowest BCUT2D eigenvalue weighted by molar-refractivity contribution is 0.632. The zero-order valence-electron chi connectivity index (χ0n) is 8.42. The normalized spacial score (nSPS) is 10.3. The topological polar surface area (TPSA) is 63.8 Å². The smallest absolute Gasteiger partial charge is 0.150 e. The summed E-state index contributed by atoms with van der Waals surface area (Å²) < 4.78 is 14.0. The summed E-state index contributed by atoms with van der Waals surface area (Å²) in [6.07, 6.45) is 1.27. The van der Waals surface area contributed by atoms with Gasteiger partial charge in [-0.3, -0.25) is 0 Å². The first-order valence-corrected chi connectivity index (χ1v) is 5.73. The molecule has 0 fully saturated rings. The Labute approximate surface area is 110 Å². The average Bonchev–Trinajstić information content (AvgIpc) is 2.29. The number of para-hydroxylation sites is 1. The van der Waals surface area contributed by atoms with Crippen molar-refractivity contribution in [2.45, 2.75) is 0 Å². The van der Waals surface area contributed by atoms with E-state index in [2.05, 4.69) is 31.2 Å². The van der Waals surface area contributed by atoms with Crippen LogP contribution >= 0.6 is 27.5 Å². The molecule has 1 heterocycles. The van der Waals surface area contributed by atoms with Crippen molar-refractivity contribution in [1.29, 1.82) is 0 Å². The molecule has 7 heteroatoms. The standard InChI is InChI=1S/C10H7BrClFN4/c11-7-9(14)15-4-16-10(7)17-8-5(12)2-1-3-6(8)13/h1-4H,(H3,14,15,16,17). The number of rotatable bonds is 2. The van der Waals surface area contributed by atoms with Crippen LogP contribution in [0.25, 0.3) is 0 Å². The lowest BCUT2D eigenvalue weighted by Gasteiger charge is -2.10. The van der Waals surface area contributed by atoms with Crippen LogP contribution in [0.15, 0.2) is 29.0 Å². The molecular weight excluding hydrogens is 310 g/mol. The number of nitrogen functional groups attached to an aromatic ring is 1. The average molecular weight is 318 g/mol. The number of nitrogens with one attached hydrogen (secondary N) is 1. The highest BCUT2D eigenvalue weighted by Gasteiger charge is 2.11. The third-order valence-electron chi connectivity index (χ3n) is 2.02. The largest absolute Gasteiger partial charge is 0.383 e. The lowest BCUT2D eigenvalue weighted by Crippen LogP contribution is -2.01. The van der Waals surface area contributed by atoms with E-state index in [1.165, 1.54) is 18.5 Å². The van der Waals surface area contributed by atoms with Crippen LogP contribution in [0.5, 0.6) is 0 Å². The summed E-state index contributed by atoms with van der Waals surface area (Å²) in [6.45, 7) is 0. The molecule has 0 saturated carbocycles. The highest BCUT2D eigenvalue weighted by Crippen LogP contribution is 2.31. The van der Waals surface area contributed by atoms with Gasteiger partial charge in [0.25, 0.3) is 0 Å². The molecule has 0 atom stereocenters. The number of hydrogen-bond donors (Lipinski definition) is 2. The van der Waals surface area contributed by atoms with E-state index in [4.69, 9.17) is 17.3 Å². The molecule has 0 saturated heterocycles. The van der Waals surface area contributed by atoms with E-state index >= 15 is 0 Å². The van der Waals surface area contributed by atoms with E-state index in [0.29, 0.717) is 10.3 Å². The van der Waals surface area contributed by atoms with E-state index in [1.54, 1.807) is 6.07 Å². The van der Waals surface area contributed by atoms with Crippen molar-refractivity contribution in [3.05, 3.63) is 39.8 Å². The van der Waals surface area contributed by atoms with Gasteiger partial charge in [-0.1, -0.05) is 17.7 Å². The fraction of sp³-hybridized carbons (Fsp3) is 0. The van der Waals surface area contributed by atoms with E-state index in [9.17, 15) is 4.39 Å². The van der Waals surface area contributed by atoms with Crippen molar-refractivity contribution in [2.75, 3.05) is 11.1 Å². The minimum absolute atomic E-state index is 0.146. The first-order chi connectivity index (χ1) is 8.09. The highest BCUT2D eigenvalue weighted by atomic mass is 79.9. The van der Waals surface area contributed by atoms with Crippen LogP contribution in [0.3, 0.4) is 0 Å². The van der Waals surface area contributed by atoms with Crippen molar-refractivity contribution in [3.8, 4) is 0 Å². The Morgan fingerprint density at radius 3 is 2.82 bits per heavy atom.